The Kier molecular flexibility index (Phi) is 4.42. The molecule has 102 valence electrons. The SMILES string of the molecule is FC(F)(F)CCc1nnc(C(Cl)c2ccccc2)s1. The van der Waals surface area contributed by atoms with Crippen molar-refractivity contribution in [1.82, 2.24) is 10.2 Å². The molecule has 0 N–H and O–H groups in total. The van der Waals surface area contributed by atoms with E-state index in [0.717, 1.165) is 16.9 Å². The largest absolute Gasteiger partial charge is 0.389 e. The average Bonchev–Trinajstić information content (AvgIpc) is 2.84. The quantitative estimate of drug-likeness (QED) is 0.784. The lowest BCUT2D eigenvalue weighted by Crippen LogP contribution is -2.08. The van der Waals surface area contributed by atoms with Crippen molar-refractivity contribution in [3.05, 3.63) is 45.9 Å². The van der Waals surface area contributed by atoms with Gasteiger partial charge in [-0.05, 0) is 5.56 Å². The van der Waals surface area contributed by atoms with Crippen LogP contribution in [0.15, 0.2) is 30.3 Å². The topological polar surface area (TPSA) is 25.8 Å². The molecule has 1 unspecified atom stereocenters. The zero-order valence-electron chi connectivity index (χ0n) is 9.69. The standard InChI is InChI=1S/C12H10ClF3N2S/c13-10(8-4-2-1-3-5-8)11-18-17-9(19-11)6-7-12(14,15)16/h1-5,10H,6-7H2. The van der Waals surface area contributed by atoms with Crippen LogP contribution in [0, 0.1) is 0 Å². The lowest BCUT2D eigenvalue weighted by Gasteiger charge is -2.04. The summed E-state index contributed by atoms with van der Waals surface area (Å²) in [6.45, 7) is 0. The molecule has 0 saturated carbocycles. The minimum atomic E-state index is -4.17. The normalized spacial score (nSPS) is 13.5. The first-order valence-electron chi connectivity index (χ1n) is 5.54. The van der Waals surface area contributed by atoms with Crippen LogP contribution in [0.5, 0.6) is 0 Å². The lowest BCUT2D eigenvalue weighted by atomic mass is 10.1. The fourth-order valence-corrected chi connectivity index (χ4v) is 2.65. The third kappa shape index (κ3) is 4.18. The van der Waals surface area contributed by atoms with Gasteiger partial charge in [-0.25, -0.2) is 0 Å². The predicted molar refractivity (Wildman–Crippen MR) is 68.4 cm³/mol. The first kappa shape index (κ1) is 14.3. The summed E-state index contributed by atoms with van der Waals surface area (Å²) in [6.07, 6.45) is -5.22. The number of halogens is 4. The highest BCUT2D eigenvalue weighted by atomic mass is 35.5. The monoisotopic (exact) mass is 306 g/mol. The molecule has 7 heteroatoms. The van der Waals surface area contributed by atoms with Crippen LogP contribution in [0.25, 0.3) is 0 Å². The molecule has 19 heavy (non-hydrogen) atoms. The number of aromatic nitrogens is 2. The summed E-state index contributed by atoms with van der Waals surface area (Å²) in [7, 11) is 0. The van der Waals surface area contributed by atoms with Crippen molar-refractivity contribution in [2.24, 2.45) is 0 Å². The zero-order chi connectivity index (χ0) is 13.9. The average molecular weight is 307 g/mol. The van der Waals surface area contributed by atoms with E-state index in [-0.39, 0.29) is 6.42 Å². The van der Waals surface area contributed by atoms with Gasteiger partial charge >= 0.3 is 6.18 Å². The molecule has 0 spiro atoms. The number of benzene rings is 1. The van der Waals surface area contributed by atoms with Gasteiger partial charge in [0.05, 0.1) is 0 Å². The van der Waals surface area contributed by atoms with E-state index in [1.807, 2.05) is 30.3 Å². The molecule has 1 atom stereocenters. The van der Waals surface area contributed by atoms with Crippen molar-refractivity contribution in [3.63, 3.8) is 0 Å². The molecule has 0 saturated heterocycles. The molecule has 1 heterocycles. The minimum Gasteiger partial charge on any atom is -0.171 e. The van der Waals surface area contributed by atoms with Crippen LogP contribution in [-0.2, 0) is 6.42 Å². The molecule has 0 bridgehead atoms. The summed E-state index contributed by atoms with van der Waals surface area (Å²) in [5.74, 6) is 0. The zero-order valence-corrected chi connectivity index (χ0v) is 11.3. The number of hydrogen-bond donors (Lipinski definition) is 0. The fraction of sp³-hybridized carbons (Fsp3) is 0.333. The molecule has 0 aliphatic heterocycles. The van der Waals surface area contributed by atoms with Crippen molar-refractivity contribution < 1.29 is 13.2 Å². The van der Waals surface area contributed by atoms with Crippen LogP contribution >= 0.6 is 22.9 Å². The maximum atomic E-state index is 12.1. The van der Waals surface area contributed by atoms with E-state index < -0.39 is 18.0 Å². The number of nitrogens with zero attached hydrogens (tertiary/aromatic N) is 2. The van der Waals surface area contributed by atoms with Crippen LogP contribution in [0.4, 0.5) is 13.2 Å². The van der Waals surface area contributed by atoms with Crippen molar-refractivity contribution >= 4 is 22.9 Å². The van der Waals surface area contributed by atoms with Crippen molar-refractivity contribution in [1.29, 1.82) is 0 Å². The third-order valence-corrected chi connectivity index (χ3v) is 4.05. The molecule has 2 aromatic rings. The molecular formula is C12H10ClF3N2S. The summed E-state index contributed by atoms with van der Waals surface area (Å²) >= 11 is 7.34. The van der Waals surface area contributed by atoms with Gasteiger partial charge in [0.15, 0.2) is 0 Å². The highest BCUT2D eigenvalue weighted by Crippen LogP contribution is 2.31. The van der Waals surface area contributed by atoms with E-state index in [1.165, 1.54) is 0 Å². The first-order valence-corrected chi connectivity index (χ1v) is 6.79. The highest BCUT2D eigenvalue weighted by Gasteiger charge is 2.27. The summed E-state index contributed by atoms with van der Waals surface area (Å²) in [5.41, 5.74) is 0.850. The Bertz CT molecular complexity index is 527. The van der Waals surface area contributed by atoms with E-state index in [1.54, 1.807) is 0 Å². The van der Waals surface area contributed by atoms with Crippen LogP contribution in [0.1, 0.15) is 27.4 Å². The Labute approximate surface area is 117 Å². The van der Waals surface area contributed by atoms with Crippen molar-refractivity contribution in [2.45, 2.75) is 24.4 Å². The highest BCUT2D eigenvalue weighted by molar-refractivity contribution is 7.11. The molecular weight excluding hydrogens is 297 g/mol. The number of rotatable bonds is 4. The van der Waals surface area contributed by atoms with Gasteiger partial charge in [0.1, 0.15) is 15.4 Å². The lowest BCUT2D eigenvalue weighted by molar-refractivity contribution is -0.134. The van der Waals surface area contributed by atoms with Gasteiger partial charge in [-0.1, -0.05) is 41.7 Å². The Hall–Kier alpha value is -1.14. The van der Waals surface area contributed by atoms with Gasteiger partial charge in [-0.3, -0.25) is 0 Å². The molecule has 0 amide bonds. The van der Waals surface area contributed by atoms with Gasteiger partial charge < -0.3 is 0 Å². The van der Waals surface area contributed by atoms with Crippen LogP contribution in [0.2, 0.25) is 0 Å². The Balaban J connectivity index is 2.05. The molecule has 0 radical (unpaired) electrons. The first-order chi connectivity index (χ1) is 8.96. The molecule has 0 fully saturated rings. The summed E-state index contributed by atoms with van der Waals surface area (Å²) in [5, 5.41) is 8.01. The van der Waals surface area contributed by atoms with Crippen molar-refractivity contribution in [3.8, 4) is 0 Å². The van der Waals surface area contributed by atoms with Gasteiger partial charge in [-0.15, -0.1) is 21.8 Å². The summed E-state index contributed by atoms with van der Waals surface area (Å²) in [4.78, 5) is 0. The molecule has 2 nitrogen and oxygen atoms in total. The Morgan fingerprint density at radius 2 is 1.84 bits per heavy atom. The predicted octanol–water partition coefficient (Wildman–Crippen LogP) is 4.36. The van der Waals surface area contributed by atoms with Crippen LogP contribution < -0.4 is 0 Å². The van der Waals surface area contributed by atoms with E-state index in [0.29, 0.717) is 10.0 Å². The van der Waals surface area contributed by atoms with E-state index >= 15 is 0 Å². The summed E-state index contributed by atoms with van der Waals surface area (Å²) in [6, 6.07) is 9.23. The van der Waals surface area contributed by atoms with E-state index in [4.69, 9.17) is 11.6 Å². The second kappa shape index (κ2) is 5.88. The minimum absolute atomic E-state index is 0.153. The van der Waals surface area contributed by atoms with Gasteiger partial charge in [0, 0.05) is 12.8 Å². The van der Waals surface area contributed by atoms with E-state index in [2.05, 4.69) is 10.2 Å². The number of alkyl halides is 4. The Morgan fingerprint density at radius 1 is 1.16 bits per heavy atom. The van der Waals surface area contributed by atoms with Crippen molar-refractivity contribution in [2.75, 3.05) is 0 Å². The molecule has 2 rings (SSSR count). The van der Waals surface area contributed by atoms with Crippen LogP contribution in [-0.4, -0.2) is 16.4 Å². The van der Waals surface area contributed by atoms with Gasteiger partial charge in [-0.2, -0.15) is 13.2 Å². The smallest absolute Gasteiger partial charge is 0.171 e. The summed E-state index contributed by atoms with van der Waals surface area (Å²) < 4.78 is 36.3. The fourth-order valence-electron chi connectivity index (χ4n) is 1.48. The second-order valence-corrected chi connectivity index (χ2v) is 5.45. The van der Waals surface area contributed by atoms with E-state index in [9.17, 15) is 13.2 Å². The van der Waals surface area contributed by atoms with Crippen LogP contribution in [0.3, 0.4) is 0 Å². The molecule has 0 aliphatic rings. The maximum Gasteiger partial charge on any atom is 0.389 e. The van der Waals surface area contributed by atoms with Gasteiger partial charge in [0.2, 0.25) is 0 Å². The molecule has 1 aromatic carbocycles. The third-order valence-electron chi connectivity index (χ3n) is 2.41. The number of hydrogen-bond acceptors (Lipinski definition) is 3. The maximum absolute atomic E-state index is 12.1. The molecule has 0 aliphatic carbocycles. The Morgan fingerprint density at radius 3 is 2.47 bits per heavy atom. The molecule has 1 aromatic heterocycles. The van der Waals surface area contributed by atoms with Gasteiger partial charge in [0.25, 0.3) is 0 Å². The second-order valence-electron chi connectivity index (χ2n) is 3.92. The number of aryl methyl sites for hydroxylation is 1.